The van der Waals surface area contributed by atoms with Crippen molar-refractivity contribution in [2.75, 3.05) is 11.1 Å². The Morgan fingerprint density at radius 1 is 1.30 bits per heavy atom. The Kier molecular flexibility index (Phi) is 6.80. The van der Waals surface area contributed by atoms with Crippen LogP contribution in [0.25, 0.3) is 11.4 Å². The number of hydrogen-bond acceptors (Lipinski definition) is 6. The summed E-state index contributed by atoms with van der Waals surface area (Å²) in [6.07, 6.45) is 1.67. The molecule has 3 aromatic rings. The number of nitrogens with zero attached hydrogens (tertiary/aromatic N) is 4. The summed E-state index contributed by atoms with van der Waals surface area (Å²) in [6.45, 7) is 4.14. The summed E-state index contributed by atoms with van der Waals surface area (Å²) in [5.74, 6) is -0.823. The van der Waals surface area contributed by atoms with Gasteiger partial charge in [-0.1, -0.05) is 29.4 Å². The van der Waals surface area contributed by atoms with E-state index in [0.29, 0.717) is 22.5 Å². The van der Waals surface area contributed by atoms with E-state index in [1.54, 1.807) is 34.9 Å². The maximum atomic E-state index is 13.8. The lowest BCUT2D eigenvalue weighted by Gasteiger charge is -2.09. The molecular weight excluding hydrogens is 433 g/mol. The fourth-order valence-electron chi connectivity index (χ4n) is 2.54. The van der Waals surface area contributed by atoms with Crippen molar-refractivity contribution in [2.24, 2.45) is 0 Å². The van der Waals surface area contributed by atoms with Crippen LogP contribution in [0.4, 0.5) is 15.8 Å². The molecule has 0 bridgehead atoms. The number of hydrogen-bond donors (Lipinski definition) is 1. The van der Waals surface area contributed by atoms with Crippen LogP contribution in [0.2, 0.25) is 5.02 Å². The van der Waals surface area contributed by atoms with Crippen LogP contribution >= 0.6 is 23.4 Å². The van der Waals surface area contributed by atoms with Crippen LogP contribution in [0.1, 0.15) is 0 Å². The van der Waals surface area contributed by atoms with Crippen molar-refractivity contribution >= 4 is 40.6 Å². The Balaban J connectivity index is 1.73. The van der Waals surface area contributed by atoms with Crippen LogP contribution in [0.3, 0.4) is 0 Å². The van der Waals surface area contributed by atoms with Crippen molar-refractivity contribution in [3.63, 3.8) is 0 Å². The lowest BCUT2D eigenvalue weighted by molar-refractivity contribution is -0.384. The van der Waals surface area contributed by atoms with Crippen molar-refractivity contribution in [3.8, 4) is 11.4 Å². The molecule has 11 heteroatoms. The predicted octanol–water partition coefficient (Wildman–Crippen LogP) is 4.56. The van der Waals surface area contributed by atoms with E-state index in [2.05, 4.69) is 22.1 Å². The van der Waals surface area contributed by atoms with Gasteiger partial charge in [0.2, 0.25) is 5.91 Å². The Bertz CT molecular complexity index is 1100. The second-order valence-electron chi connectivity index (χ2n) is 5.97. The van der Waals surface area contributed by atoms with Gasteiger partial charge in [-0.15, -0.1) is 16.8 Å². The smallest absolute Gasteiger partial charge is 0.271 e. The highest BCUT2D eigenvalue weighted by atomic mass is 35.5. The number of anilines is 1. The second kappa shape index (κ2) is 9.51. The van der Waals surface area contributed by atoms with E-state index >= 15 is 0 Å². The van der Waals surface area contributed by atoms with Gasteiger partial charge in [0.15, 0.2) is 11.0 Å². The summed E-state index contributed by atoms with van der Waals surface area (Å²) in [5.41, 5.74) is 0.214. The Morgan fingerprint density at radius 3 is 2.70 bits per heavy atom. The number of halogens is 2. The number of allylic oxidation sites excluding steroid dienone is 1. The molecule has 0 saturated heterocycles. The van der Waals surface area contributed by atoms with Crippen molar-refractivity contribution in [1.29, 1.82) is 0 Å². The summed E-state index contributed by atoms with van der Waals surface area (Å²) in [4.78, 5) is 22.4. The molecule has 0 aliphatic heterocycles. The Morgan fingerprint density at radius 2 is 2.03 bits per heavy atom. The van der Waals surface area contributed by atoms with Gasteiger partial charge in [0, 0.05) is 29.3 Å². The summed E-state index contributed by atoms with van der Waals surface area (Å²) < 4.78 is 15.6. The van der Waals surface area contributed by atoms with Crippen LogP contribution in [-0.4, -0.2) is 31.3 Å². The maximum Gasteiger partial charge on any atom is 0.271 e. The third kappa shape index (κ3) is 5.02. The third-order valence-electron chi connectivity index (χ3n) is 3.90. The molecule has 0 fully saturated rings. The van der Waals surface area contributed by atoms with E-state index in [1.165, 1.54) is 0 Å². The van der Waals surface area contributed by atoms with Crippen LogP contribution in [0.15, 0.2) is 60.3 Å². The lowest BCUT2D eigenvalue weighted by atomic mass is 10.2. The molecule has 1 aromatic heterocycles. The van der Waals surface area contributed by atoms with Crippen LogP contribution in [0, 0.1) is 15.9 Å². The molecule has 0 atom stereocenters. The van der Waals surface area contributed by atoms with Gasteiger partial charge >= 0.3 is 0 Å². The lowest BCUT2D eigenvalue weighted by Crippen LogP contribution is -2.16. The first-order valence-corrected chi connectivity index (χ1v) is 9.92. The number of non-ortho nitro benzene ring substituents is 1. The van der Waals surface area contributed by atoms with Gasteiger partial charge in [-0.25, -0.2) is 4.39 Å². The largest absolute Gasteiger partial charge is 0.323 e. The molecule has 1 heterocycles. The maximum absolute atomic E-state index is 13.8. The second-order valence-corrected chi connectivity index (χ2v) is 7.35. The first-order valence-electron chi connectivity index (χ1n) is 8.55. The monoisotopic (exact) mass is 447 g/mol. The molecule has 0 saturated carbocycles. The van der Waals surface area contributed by atoms with E-state index in [0.717, 1.165) is 35.5 Å². The molecule has 2 aromatic carbocycles. The molecule has 8 nitrogen and oxygen atoms in total. The predicted molar refractivity (Wildman–Crippen MR) is 113 cm³/mol. The minimum Gasteiger partial charge on any atom is -0.323 e. The van der Waals surface area contributed by atoms with Gasteiger partial charge in [0.25, 0.3) is 5.69 Å². The highest BCUT2D eigenvalue weighted by molar-refractivity contribution is 7.99. The average Bonchev–Trinajstić information content (AvgIpc) is 3.11. The zero-order chi connectivity index (χ0) is 21.7. The number of aromatic nitrogens is 3. The summed E-state index contributed by atoms with van der Waals surface area (Å²) in [7, 11) is 0. The third-order valence-corrected chi connectivity index (χ3v) is 5.12. The molecular formula is C19H15ClFN5O3S. The Labute approximate surface area is 179 Å². The van der Waals surface area contributed by atoms with E-state index in [-0.39, 0.29) is 17.1 Å². The van der Waals surface area contributed by atoms with Crippen LogP contribution < -0.4 is 5.32 Å². The number of carbonyl (C=O) groups is 1. The zero-order valence-corrected chi connectivity index (χ0v) is 17.0. The number of thioether (sulfide) groups is 1. The molecule has 0 aliphatic rings. The zero-order valence-electron chi connectivity index (χ0n) is 15.4. The molecule has 0 unspecified atom stereocenters. The molecule has 0 spiro atoms. The Hall–Kier alpha value is -3.24. The van der Waals surface area contributed by atoms with E-state index in [1.807, 2.05) is 0 Å². The molecule has 0 radical (unpaired) electrons. The first-order chi connectivity index (χ1) is 14.4. The van der Waals surface area contributed by atoms with Crippen LogP contribution in [-0.2, 0) is 11.3 Å². The quantitative estimate of drug-likeness (QED) is 0.235. The minimum atomic E-state index is -0.765. The van der Waals surface area contributed by atoms with Crippen molar-refractivity contribution in [1.82, 2.24) is 14.8 Å². The highest BCUT2D eigenvalue weighted by Gasteiger charge is 2.17. The fraction of sp³-hybridized carbons (Fsp3) is 0.105. The van der Waals surface area contributed by atoms with E-state index in [4.69, 9.17) is 11.6 Å². The first kappa shape index (κ1) is 21.5. The number of nitro groups is 1. The van der Waals surface area contributed by atoms with Gasteiger partial charge < -0.3 is 5.32 Å². The SMILES string of the molecule is C=CCn1c(SCC(=O)Nc2cc([N+](=O)[O-])ccc2F)nnc1-c1ccc(Cl)cc1. The average molecular weight is 448 g/mol. The number of amides is 1. The number of rotatable bonds is 8. The number of carbonyl (C=O) groups excluding carboxylic acids is 1. The normalized spacial score (nSPS) is 10.6. The van der Waals surface area contributed by atoms with Gasteiger partial charge in [-0.05, 0) is 30.3 Å². The molecule has 1 amide bonds. The standard InChI is InChI=1S/C19H15ClFN5O3S/c1-2-9-25-18(12-3-5-13(20)6-4-12)23-24-19(25)30-11-17(27)22-16-10-14(26(28)29)7-8-15(16)21/h2-8,10H,1,9,11H2,(H,22,27). The van der Waals surface area contributed by atoms with Gasteiger partial charge in [0.05, 0.1) is 16.4 Å². The van der Waals surface area contributed by atoms with Gasteiger partial charge in [-0.3, -0.25) is 19.5 Å². The fourth-order valence-corrected chi connectivity index (χ4v) is 3.41. The molecule has 154 valence electrons. The number of benzene rings is 2. The molecule has 30 heavy (non-hydrogen) atoms. The van der Waals surface area contributed by atoms with Gasteiger partial charge in [0.1, 0.15) is 5.82 Å². The van der Waals surface area contributed by atoms with Crippen molar-refractivity contribution < 1.29 is 14.1 Å². The number of nitro benzene ring substituents is 1. The van der Waals surface area contributed by atoms with E-state index in [9.17, 15) is 19.3 Å². The molecule has 3 rings (SSSR count). The minimum absolute atomic E-state index is 0.0992. The molecule has 0 aliphatic carbocycles. The van der Waals surface area contributed by atoms with Crippen molar-refractivity contribution in [3.05, 3.63) is 76.1 Å². The van der Waals surface area contributed by atoms with Gasteiger partial charge in [-0.2, -0.15) is 0 Å². The number of nitrogens with one attached hydrogen (secondary N) is 1. The topological polar surface area (TPSA) is 103 Å². The van der Waals surface area contributed by atoms with E-state index < -0.39 is 16.6 Å². The summed E-state index contributed by atoms with van der Waals surface area (Å²) >= 11 is 7.02. The van der Waals surface area contributed by atoms with Crippen molar-refractivity contribution in [2.45, 2.75) is 11.7 Å². The summed E-state index contributed by atoms with van der Waals surface area (Å²) in [5, 5.41) is 22.5. The summed E-state index contributed by atoms with van der Waals surface area (Å²) in [6, 6.07) is 10.00. The molecule has 1 N–H and O–H groups in total. The highest BCUT2D eigenvalue weighted by Crippen LogP contribution is 2.26. The van der Waals surface area contributed by atoms with Crippen LogP contribution in [0.5, 0.6) is 0 Å².